The summed E-state index contributed by atoms with van der Waals surface area (Å²) in [6.45, 7) is 8.12. The van der Waals surface area contributed by atoms with Crippen molar-refractivity contribution in [2.24, 2.45) is 0 Å². The Morgan fingerprint density at radius 1 is 1.10 bits per heavy atom. The molecular weight excluding hydrogens is 264 g/mol. The van der Waals surface area contributed by atoms with E-state index in [1.165, 1.54) is 6.33 Å². The highest BCUT2D eigenvalue weighted by Crippen LogP contribution is 2.22. The lowest BCUT2D eigenvalue weighted by molar-refractivity contribution is -0.137. The summed E-state index contributed by atoms with van der Waals surface area (Å²) in [4.78, 5) is 18.9. The van der Waals surface area contributed by atoms with E-state index in [1.807, 2.05) is 62.9 Å². The molecule has 0 bridgehead atoms. The third-order valence-corrected chi connectivity index (χ3v) is 3.42. The Labute approximate surface area is 125 Å². The second-order valence-corrected chi connectivity index (χ2v) is 5.62. The zero-order valence-corrected chi connectivity index (χ0v) is 13.0. The minimum Gasteiger partial charge on any atom is -0.336 e. The molecule has 21 heavy (non-hydrogen) atoms. The zero-order chi connectivity index (χ0) is 15.4. The first-order valence-electron chi connectivity index (χ1n) is 7.23. The van der Waals surface area contributed by atoms with E-state index >= 15 is 0 Å². The van der Waals surface area contributed by atoms with E-state index in [4.69, 9.17) is 0 Å². The van der Waals surface area contributed by atoms with Gasteiger partial charge in [0, 0.05) is 12.1 Å². The molecule has 2 rings (SSSR count). The lowest BCUT2D eigenvalue weighted by Crippen LogP contribution is -2.46. The molecule has 0 aliphatic heterocycles. The molecule has 0 radical (unpaired) electrons. The average molecular weight is 286 g/mol. The summed E-state index contributed by atoms with van der Waals surface area (Å²) in [7, 11) is 0. The van der Waals surface area contributed by atoms with Crippen molar-refractivity contribution in [3.8, 4) is 0 Å². The van der Waals surface area contributed by atoms with Crippen molar-refractivity contribution in [1.82, 2.24) is 19.7 Å². The van der Waals surface area contributed by atoms with Crippen molar-refractivity contribution in [1.29, 1.82) is 0 Å². The van der Waals surface area contributed by atoms with E-state index in [2.05, 4.69) is 10.1 Å². The fourth-order valence-corrected chi connectivity index (χ4v) is 2.64. The molecule has 112 valence electrons. The van der Waals surface area contributed by atoms with E-state index in [-0.39, 0.29) is 18.0 Å². The summed E-state index contributed by atoms with van der Waals surface area (Å²) < 4.78 is 1.62. The maximum atomic E-state index is 13.1. The van der Waals surface area contributed by atoms with Crippen LogP contribution in [-0.2, 0) is 4.79 Å². The first kappa shape index (κ1) is 15.2. The first-order valence-corrected chi connectivity index (χ1v) is 7.23. The molecule has 0 saturated heterocycles. The van der Waals surface area contributed by atoms with Crippen LogP contribution in [0.4, 0.5) is 0 Å². The molecule has 0 aliphatic rings. The number of aromatic nitrogens is 3. The van der Waals surface area contributed by atoms with Gasteiger partial charge in [-0.25, -0.2) is 9.67 Å². The van der Waals surface area contributed by atoms with Crippen LogP contribution >= 0.6 is 0 Å². The number of nitrogens with zero attached hydrogens (tertiary/aromatic N) is 4. The second-order valence-electron chi connectivity index (χ2n) is 5.62. The maximum Gasteiger partial charge on any atom is 0.252 e. The minimum absolute atomic E-state index is 0.0386. The van der Waals surface area contributed by atoms with E-state index in [1.54, 1.807) is 11.0 Å². The van der Waals surface area contributed by atoms with E-state index in [0.29, 0.717) is 0 Å². The molecule has 1 amide bonds. The molecule has 0 spiro atoms. The van der Waals surface area contributed by atoms with Crippen LogP contribution in [0, 0.1) is 0 Å². The molecule has 0 saturated carbocycles. The molecule has 2 aromatic rings. The number of carbonyl (C=O) groups is 1. The van der Waals surface area contributed by atoms with Crippen LogP contribution in [0.1, 0.15) is 39.3 Å². The van der Waals surface area contributed by atoms with Gasteiger partial charge in [0.25, 0.3) is 5.91 Å². The molecule has 0 fully saturated rings. The summed E-state index contributed by atoms with van der Waals surface area (Å²) >= 11 is 0. The fraction of sp³-hybridized carbons (Fsp3) is 0.438. The van der Waals surface area contributed by atoms with Gasteiger partial charge in [0.1, 0.15) is 12.7 Å². The number of benzene rings is 1. The summed E-state index contributed by atoms with van der Waals surface area (Å²) in [6.07, 6.45) is 3.05. The van der Waals surface area contributed by atoms with Crippen LogP contribution in [0.15, 0.2) is 43.0 Å². The van der Waals surface area contributed by atoms with Gasteiger partial charge in [0.15, 0.2) is 6.04 Å². The third-order valence-electron chi connectivity index (χ3n) is 3.42. The van der Waals surface area contributed by atoms with Gasteiger partial charge in [-0.3, -0.25) is 4.79 Å². The Bertz CT molecular complexity index is 555. The van der Waals surface area contributed by atoms with Gasteiger partial charge in [-0.05, 0) is 33.3 Å². The van der Waals surface area contributed by atoms with Gasteiger partial charge in [-0.15, -0.1) is 0 Å². The molecule has 1 heterocycles. The summed E-state index contributed by atoms with van der Waals surface area (Å²) in [5.74, 6) is 0.0386. The van der Waals surface area contributed by atoms with Gasteiger partial charge in [-0.2, -0.15) is 5.10 Å². The number of hydrogen-bond acceptors (Lipinski definition) is 3. The van der Waals surface area contributed by atoms with Gasteiger partial charge >= 0.3 is 0 Å². The smallest absolute Gasteiger partial charge is 0.252 e. The number of amides is 1. The summed E-state index contributed by atoms with van der Waals surface area (Å²) in [5, 5.41) is 4.17. The summed E-state index contributed by atoms with van der Waals surface area (Å²) in [6, 6.07) is 9.49. The predicted molar refractivity (Wildman–Crippen MR) is 81.7 cm³/mol. The Balaban J connectivity index is 2.43. The van der Waals surface area contributed by atoms with Crippen molar-refractivity contribution in [3.63, 3.8) is 0 Å². The maximum absolute atomic E-state index is 13.1. The molecule has 5 heteroatoms. The van der Waals surface area contributed by atoms with Crippen molar-refractivity contribution in [2.75, 3.05) is 0 Å². The Hall–Kier alpha value is -2.17. The minimum atomic E-state index is -0.474. The van der Waals surface area contributed by atoms with Gasteiger partial charge in [0.05, 0.1) is 0 Å². The van der Waals surface area contributed by atoms with E-state index in [0.717, 1.165) is 5.56 Å². The van der Waals surface area contributed by atoms with Crippen LogP contribution < -0.4 is 0 Å². The Morgan fingerprint density at radius 3 is 2.19 bits per heavy atom. The molecule has 0 aliphatic carbocycles. The highest BCUT2D eigenvalue weighted by molar-refractivity contribution is 5.84. The van der Waals surface area contributed by atoms with E-state index < -0.39 is 6.04 Å². The lowest BCUT2D eigenvalue weighted by Gasteiger charge is -2.34. The van der Waals surface area contributed by atoms with Crippen LogP contribution in [0.5, 0.6) is 0 Å². The van der Waals surface area contributed by atoms with Crippen molar-refractivity contribution in [3.05, 3.63) is 48.5 Å². The van der Waals surface area contributed by atoms with Crippen molar-refractivity contribution in [2.45, 2.75) is 45.8 Å². The highest BCUT2D eigenvalue weighted by atomic mass is 16.2. The van der Waals surface area contributed by atoms with Crippen molar-refractivity contribution >= 4 is 5.91 Å². The van der Waals surface area contributed by atoms with Gasteiger partial charge < -0.3 is 4.90 Å². The van der Waals surface area contributed by atoms with Crippen LogP contribution in [0.3, 0.4) is 0 Å². The number of carbonyl (C=O) groups excluding carboxylic acids is 1. The van der Waals surface area contributed by atoms with Crippen LogP contribution in [0.2, 0.25) is 0 Å². The SMILES string of the molecule is CC(C)N(C(=O)C(c1ccccc1)n1cncn1)C(C)C. The van der Waals surface area contributed by atoms with Gasteiger partial charge in [-0.1, -0.05) is 30.3 Å². The number of rotatable bonds is 5. The zero-order valence-electron chi connectivity index (χ0n) is 13.0. The topological polar surface area (TPSA) is 51.0 Å². The molecule has 5 nitrogen and oxygen atoms in total. The highest BCUT2D eigenvalue weighted by Gasteiger charge is 2.31. The standard InChI is InChI=1S/C16H22N4O/c1-12(2)20(13(3)4)16(21)15(19-11-17-10-18-19)14-8-6-5-7-9-14/h5-13,15H,1-4H3. The molecular formula is C16H22N4O. The molecule has 1 aromatic heterocycles. The lowest BCUT2D eigenvalue weighted by atomic mass is 10.0. The predicted octanol–water partition coefficient (Wildman–Crippen LogP) is 2.51. The Kier molecular flexibility index (Phi) is 4.73. The Morgan fingerprint density at radius 2 is 1.71 bits per heavy atom. The molecule has 1 atom stereocenters. The average Bonchev–Trinajstić information content (AvgIpc) is 2.93. The largest absolute Gasteiger partial charge is 0.336 e. The summed E-state index contributed by atoms with van der Waals surface area (Å²) in [5.41, 5.74) is 0.916. The van der Waals surface area contributed by atoms with Crippen molar-refractivity contribution < 1.29 is 4.79 Å². The van der Waals surface area contributed by atoms with Crippen LogP contribution in [-0.4, -0.2) is 37.7 Å². The monoisotopic (exact) mass is 286 g/mol. The van der Waals surface area contributed by atoms with E-state index in [9.17, 15) is 4.79 Å². The molecule has 0 N–H and O–H groups in total. The quantitative estimate of drug-likeness (QED) is 0.848. The normalized spacial score (nSPS) is 12.7. The van der Waals surface area contributed by atoms with Gasteiger partial charge in [0.2, 0.25) is 0 Å². The fourth-order valence-electron chi connectivity index (χ4n) is 2.64. The molecule has 1 unspecified atom stereocenters. The second kappa shape index (κ2) is 6.52. The third kappa shape index (κ3) is 3.29. The first-order chi connectivity index (χ1) is 10.0. The van der Waals surface area contributed by atoms with Crippen LogP contribution in [0.25, 0.3) is 0 Å². The molecule has 1 aromatic carbocycles. The number of hydrogen-bond donors (Lipinski definition) is 0.